The number of carbonyl (C=O) groups excluding carboxylic acids is 1. The largest absolute Gasteiger partial charge is 0.466 e. The van der Waals surface area contributed by atoms with Crippen LogP contribution in [0.3, 0.4) is 0 Å². The number of aromatic nitrogens is 1. The van der Waals surface area contributed by atoms with Crippen LogP contribution in [0.1, 0.15) is 44.7 Å². The van der Waals surface area contributed by atoms with E-state index in [0.29, 0.717) is 19.4 Å². The van der Waals surface area contributed by atoms with E-state index in [4.69, 9.17) is 9.72 Å². The molecule has 0 N–H and O–H groups in total. The average molecular weight is 308 g/mol. The van der Waals surface area contributed by atoms with Crippen LogP contribution in [-0.4, -0.2) is 30.6 Å². The Balaban J connectivity index is 1.54. The molecule has 1 aromatic rings. The van der Waals surface area contributed by atoms with Gasteiger partial charge in [0.1, 0.15) is 0 Å². The van der Waals surface area contributed by atoms with Gasteiger partial charge in [-0.1, -0.05) is 0 Å². The van der Waals surface area contributed by atoms with E-state index in [2.05, 4.69) is 10.3 Å². The van der Waals surface area contributed by atoms with Crippen molar-refractivity contribution in [2.45, 2.75) is 45.4 Å². The van der Waals surface area contributed by atoms with Crippen molar-refractivity contribution in [2.24, 2.45) is 11.8 Å². The summed E-state index contributed by atoms with van der Waals surface area (Å²) in [6, 6.07) is 0. The molecule has 4 nitrogen and oxygen atoms in total. The molecule has 1 heterocycles. The van der Waals surface area contributed by atoms with Crippen molar-refractivity contribution in [3.05, 3.63) is 11.1 Å². The van der Waals surface area contributed by atoms with Crippen LogP contribution in [0.15, 0.2) is 5.38 Å². The third-order valence-electron chi connectivity index (χ3n) is 4.05. The molecule has 2 saturated carbocycles. The second kappa shape index (κ2) is 6.77. The first-order valence-corrected chi connectivity index (χ1v) is 8.97. The number of ether oxygens (including phenoxy) is 1. The molecule has 0 unspecified atom stereocenters. The molecule has 0 atom stereocenters. The normalized spacial score (nSPS) is 17.8. The lowest BCUT2D eigenvalue weighted by Gasteiger charge is -2.21. The van der Waals surface area contributed by atoms with E-state index in [1.54, 1.807) is 11.3 Å². The molecule has 0 aromatic carbocycles. The lowest BCUT2D eigenvalue weighted by Crippen LogP contribution is -2.27. The highest BCUT2D eigenvalue weighted by Crippen LogP contribution is 2.36. The van der Waals surface area contributed by atoms with Gasteiger partial charge >= 0.3 is 5.97 Å². The fraction of sp³-hybridized carbons (Fsp3) is 0.750. The Labute approximate surface area is 130 Å². The number of thiazole rings is 1. The number of hydrogen-bond donors (Lipinski definition) is 0. The highest BCUT2D eigenvalue weighted by molar-refractivity contribution is 7.13. The van der Waals surface area contributed by atoms with Crippen molar-refractivity contribution in [3.8, 4) is 0 Å². The number of carbonyl (C=O) groups is 1. The van der Waals surface area contributed by atoms with Crippen LogP contribution in [0.5, 0.6) is 0 Å². The fourth-order valence-electron chi connectivity index (χ4n) is 2.47. The van der Waals surface area contributed by atoms with Gasteiger partial charge in [0, 0.05) is 24.9 Å². The van der Waals surface area contributed by atoms with Crippen LogP contribution in [0.25, 0.3) is 0 Å². The molecule has 2 aliphatic rings. The van der Waals surface area contributed by atoms with Crippen molar-refractivity contribution < 1.29 is 9.53 Å². The van der Waals surface area contributed by atoms with Crippen LogP contribution in [-0.2, 0) is 16.0 Å². The van der Waals surface area contributed by atoms with Gasteiger partial charge in [-0.05, 0) is 44.4 Å². The fourth-order valence-corrected chi connectivity index (χ4v) is 3.35. The maximum absolute atomic E-state index is 11.4. The molecule has 5 heteroatoms. The predicted molar refractivity (Wildman–Crippen MR) is 84.7 cm³/mol. The zero-order valence-corrected chi connectivity index (χ0v) is 13.5. The summed E-state index contributed by atoms with van der Waals surface area (Å²) in [7, 11) is 0. The van der Waals surface area contributed by atoms with Gasteiger partial charge in [0.25, 0.3) is 0 Å². The Morgan fingerprint density at radius 3 is 2.57 bits per heavy atom. The maximum Gasteiger partial charge on any atom is 0.306 e. The summed E-state index contributed by atoms with van der Waals surface area (Å²) in [5.41, 5.74) is 1.03. The molecule has 0 saturated heterocycles. The molecular weight excluding hydrogens is 284 g/mol. The van der Waals surface area contributed by atoms with Gasteiger partial charge in [-0.2, -0.15) is 0 Å². The SMILES string of the molecule is CCOC(=O)CCc1csc(N(CC2CC2)CC2CC2)n1. The van der Waals surface area contributed by atoms with Gasteiger partial charge in [0.2, 0.25) is 0 Å². The number of anilines is 1. The number of hydrogen-bond acceptors (Lipinski definition) is 5. The molecule has 0 radical (unpaired) electrons. The number of aryl methyl sites for hydroxylation is 1. The Bertz CT molecular complexity index is 466. The van der Waals surface area contributed by atoms with E-state index in [1.807, 2.05) is 6.92 Å². The quantitative estimate of drug-likeness (QED) is 0.657. The summed E-state index contributed by atoms with van der Waals surface area (Å²) in [5, 5.41) is 3.24. The third kappa shape index (κ3) is 4.70. The Morgan fingerprint density at radius 1 is 1.33 bits per heavy atom. The molecule has 116 valence electrons. The van der Waals surface area contributed by atoms with Gasteiger partial charge in [0.15, 0.2) is 5.13 Å². The standard InChI is InChI=1S/C16H24N2O2S/c1-2-20-15(19)8-7-14-11-21-16(17-14)18(9-12-3-4-12)10-13-5-6-13/h11-13H,2-10H2,1H3. The van der Waals surface area contributed by atoms with Gasteiger partial charge < -0.3 is 9.64 Å². The highest BCUT2D eigenvalue weighted by atomic mass is 32.1. The molecule has 3 rings (SSSR count). The summed E-state index contributed by atoms with van der Waals surface area (Å²) >= 11 is 1.72. The van der Waals surface area contributed by atoms with Crippen LogP contribution in [0, 0.1) is 11.8 Å². The van der Waals surface area contributed by atoms with E-state index in [1.165, 1.54) is 38.8 Å². The zero-order valence-electron chi connectivity index (χ0n) is 12.7. The summed E-state index contributed by atoms with van der Waals surface area (Å²) in [6.07, 6.45) is 6.63. The van der Waals surface area contributed by atoms with Gasteiger partial charge in [0.05, 0.1) is 18.7 Å². The van der Waals surface area contributed by atoms with Gasteiger partial charge in [-0.3, -0.25) is 4.79 Å². The molecule has 0 aliphatic heterocycles. The van der Waals surface area contributed by atoms with Crippen LogP contribution < -0.4 is 4.90 Å². The predicted octanol–water partition coefficient (Wildman–Crippen LogP) is 3.27. The second-order valence-electron chi connectivity index (χ2n) is 6.22. The van der Waals surface area contributed by atoms with E-state index in [-0.39, 0.29) is 5.97 Å². The monoisotopic (exact) mass is 308 g/mol. The summed E-state index contributed by atoms with van der Waals surface area (Å²) < 4.78 is 4.97. The van der Waals surface area contributed by atoms with E-state index < -0.39 is 0 Å². The minimum Gasteiger partial charge on any atom is -0.466 e. The smallest absolute Gasteiger partial charge is 0.306 e. The molecule has 2 aliphatic carbocycles. The zero-order chi connectivity index (χ0) is 14.7. The summed E-state index contributed by atoms with van der Waals surface area (Å²) in [5.74, 6) is 1.64. The minimum atomic E-state index is -0.125. The van der Waals surface area contributed by atoms with Gasteiger partial charge in [-0.25, -0.2) is 4.98 Å². The van der Waals surface area contributed by atoms with Crippen molar-refractivity contribution in [2.75, 3.05) is 24.6 Å². The average Bonchev–Trinajstić information content (AvgIpc) is 3.39. The summed E-state index contributed by atoms with van der Waals surface area (Å²) in [6.45, 7) is 4.63. The minimum absolute atomic E-state index is 0.125. The van der Waals surface area contributed by atoms with Crippen molar-refractivity contribution in [1.29, 1.82) is 0 Å². The van der Waals surface area contributed by atoms with Crippen molar-refractivity contribution in [3.63, 3.8) is 0 Å². The number of rotatable bonds is 9. The van der Waals surface area contributed by atoms with E-state index >= 15 is 0 Å². The van der Waals surface area contributed by atoms with Crippen molar-refractivity contribution >= 4 is 22.4 Å². The third-order valence-corrected chi connectivity index (χ3v) is 5.00. The van der Waals surface area contributed by atoms with Crippen LogP contribution in [0.2, 0.25) is 0 Å². The molecule has 0 amide bonds. The van der Waals surface area contributed by atoms with Crippen LogP contribution >= 0.6 is 11.3 Å². The first kappa shape index (κ1) is 14.8. The molecule has 0 bridgehead atoms. The van der Waals surface area contributed by atoms with Crippen LogP contribution in [0.4, 0.5) is 5.13 Å². The number of nitrogens with zero attached hydrogens (tertiary/aromatic N) is 2. The second-order valence-corrected chi connectivity index (χ2v) is 7.05. The highest BCUT2D eigenvalue weighted by Gasteiger charge is 2.30. The molecule has 2 fully saturated rings. The topological polar surface area (TPSA) is 42.4 Å². The maximum atomic E-state index is 11.4. The van der Waals surface area contributed by atoms with Crippen molar-refractivity contribution in [1.82, 2.24) is 4.98 Å². The number of esters is 1. The van der Waals surface area contributed by atoms with E-state index in [0.717, 1.165) is 22.7 Å². The lowest BCUT2D eigenvalue weighted by molar-refractivity contribution is -0.143. The first-order chi connectivity index (χ1) is 10.2. The molecule has 1 aromatic heterocycles. The summed E-state index contributed by atoms with van der Waals surface area (Å²) in [4.78, 5) is 18.6. The van der Waals surface area contributed by atoms with E-state index in [9.17, 15) is 4.79 Å². The molecule has 21 heavy (non-hydrogen) atoms. The Morgan fingerprint density at radius 2 is 2.00 bits per heavy atom. The first-order valence-electron chi connectivity index (χ1n) is 8.09. The Hall–Kier alpha value is -1.10. The molecular formula is C16H24N2O2S. The lowest BCUT2D eigenvalue weighted by atomic mass is 10.2. The van der Waals surface area contributed by atoms with Gasteiger partial charge in [-0.15, -0.1) is 11.3 Å². The molecule has 0 spiro atoms. The Kier molecular flexibility index (Phi) is 4.78.